The first kappa shape index (κ1) is 9.52. The van der Waals surface area contributed by atoms with Crippen molar-refractivity contribution in [2.45, 2.75) is 25.2 Å². The van der Waals surface area contributed by atoms with Crippen molar-refractivity contribution in [3.05, 3.63) is 11.8 Å². The van der Waals surface area contributed by atoms with Gasteiger partial charge >= 0.3 is 0 Å². The summed E-state index contributed by atoms with van der Waals surface area (Å²) < 4.78 is 7.09. The van der Waals surface area contributed by atoms with Crippen molar-refractivity contribution in [2.24, 2.45) is 7.05 Å². The predicted molar refractivity (Wildman–Crippen MR) is 55.0 cm³/mol. The van der Waals surface area contributed by atoms with E-state index in [1.807, 2.05) is 13.1 Å². The SMILES string of the molecule is Cn1nc(C2(C)CCOCC2)cc1N. The van der Waals surface area contributed by atoms with Crippen LogP contribution in [0.5, 0.6) is 0 Å². The third kappa shape index (κ3) is 1.50. The molecule has 0 saturated carbocycles. The fraction of sp³-hybridized carbons (Fsp3) is 0.700. The number of hydrogen-bond acceptors (Lipinski definition) is 3. The second-order valence-electron chi connectivity index (χ2n) is 4.25. The van der Waals surface area contributed by atoms with E-state index in [1.165, 1.54) is 0 Å². The van der Waals surface area contributed by atoms with Gasteiger partial charge in [0.2, 0.25) is 0 Å². The van der Waals surface area contributed by atoms with Crippen molar-refractivity contribution in [2.75, 3.05) is 18.9 Å². The van der Waals surface area contributed by atoms with Crippen molar-refractivity contribution in [3.8, 4) is 0 Å². The lowest BCUT2D eigenvalue weighted by Crippen LogP contribution is -2.31. The summed E-state index contributed by atoms with van der Waals surface area (Å²) >= 11 is 0. The molecule has 78 valence electrons. The molecule has 0 amide bonds. The van der Waals surface area contributed by atoms with Crippen LogP contribution in [-0.4, -0.2) is 23.0 Å². The Bertz CT molecular complexity index is 307. The summed E-state index contributed by atoms with van der Waals surface area (Å²) in [6.07, 6.45) is 2.06. The lowest BCUT2D eigenvalue weighted by atomic mass is 9.79. The Morgan fingerprint density at radius 3 is 2.64 bits per heavy atom. The fourth-order valence-corrected chi connectivity index (χ4v) is 1.85. The molecule has 1 aliphatic rings. The molecule has 0 spiro atoms. The Balaban J connectivity index is 2.28. The van der Waals surface area contributed by atoms with Crippen molar-refractivity contribution in [1.29, 1.82) is 0 Å². The van der Waals surface area contributed by atoms with Gasteiger partial charge in [0.25, 0.3) is 0 Å². The van der Waals surface area contributed by atoms with Crippen molar-refractivity contribution >= 4 is 5.82 Å². The molecule has 4 nitrogen and oxygen atoms in total. The number of anilines is 1. The van der Waals surface area contributed by atoms with E-state index in [0.717, 1.165) is 37.6 Å². The Labute approximate surface area is 84.0 Å². The van der Waals surface area contributed by atoms with Crippen LogP contribution < -0.4 is 5.73 Å². The first-order valence-corrected chi connectivity index (χ1v) is 4.99. The van der Waals surface area contributed by atoms with Crippen LogP contribution in [0.15, 0.2) is 6.07 Å². The van der Waals surface area contributed by atoms with Crippen molar-refractivity contribution in [3.63, 3.8) is 0 Å². The molecule has 0 aliphatic carbocycles. The van der Waals surface area contributed by atoms with Crippen LogP contribution in [0.25, 0.3) is 0 Å². The van der Waals surface area contributed by atoms with Gasteiger partial charge in [-0.3, -0.25) is 4.68 Å². The average Bonchev–Trinajstić information content (AvgIpc) is 2.49. The highest BCUT2D eigenvalue weighted by molar-refractivity contribution is 5.34. The zero-order valence-electron chi connectivity index (χ0n) is 8.79. The van der Waals surface area contributed by atoms with Gasteiger partial charge in [0.1, 0.15) is 5.82 Å². The van der Waals surface area contributed by atoms with Crippen molar-refractivity contribution in [1.82, 2.24) is 9.78 Å². The van der Waals surface area contributed by atoms with Crippen LogP contribution >= 0.6 is 0 Å². The van der Waals surface area contributed by atoms with Gasteiger partial charge in [-0.25, -0.2) is 0 Å². The van der Waals surface area contributed by atoms with Crippen LogP contribution in [0.4, 0.5) is 5.82 Å². The summed E-state index contributed by atoms with van der Waals surface area (Å²) in [6, 6.07) is 1.98. The maximum Gasteiger partial charge on any atom is 0.121 e. The van der Waals surface area contributed by atoms with E-state index in [4.69, 9.17) is 10.5 Å². The van der Waals surface area contributed by atoms with Crippen LogP contribution in [0.2, 0.25) is 0 Å². The van der Waals surface area contributed by atoms with E-state index < -0.39 is 0 Å². The standard InChI is InChI=1S/C10H17N3O/c1-10(3-5-14-6-4-10)8-7-9(11)13(2)12-8/h7H,3-6,11H2,1-2H3. The molecule has 2 heterocycles. The second kappa shape index (κ2) is 3.28. The molecule has 1 aromatic rings. The van der Waals surface area contributed by atoms with Gasteiger partial charge in [0.05, 0.1) is 5.69 Å². The Morgan fingerprint density at radius 1 is 1.50 bits per heavy atom. The van der Waals surface area contributed by atoms with E-state index >= 15 is 0 Å². The third-order valence-corrected chi connectivity index (χ3v) is 3.13. The number of hydrogen-bond donors (Lipinski definition) is 1. The van der Waals surface area contributed by atoms with E-state index in [-0.39, 0.29) is 5.41 Å². The minimum absolute atomic E-state index is 0.146. The van der Waals surface area contributed by atoms with Crippen molar-refractivity contribution < 1.29 is 4.74 Å². The molecule has 0 bridgehead atoms. The highest BCUT2D eigenvalue weighted by Crippen LogP contribution is 2.33. The summed E-state index contributed by atoms with van der Waals surface area (Å²) in [5.74, 6) is 0.729. The smallest absolute Gasteiger partial charge is 0.121 e. The van der Waals surface area contributed by atoms with Gasteiger partial charge in [0, 0.05) is 31.7 Å². The largest absolute Gasteiger partial charge is 0.384 e. The molecule has 1 aliphatic heterocycles. The number of aryl methyl sites for hydroxylation is 1. The second-order valence-corrected chi connectivity index (χ2v) is 4.25. The molecular formula is C10H17N3O. The predicted octanol–water partition coefficient (Wildman–Crippen LogP) is 1.07. The van der Waals surface area contributed by atoms with Gasteiger partial charge < -0.3 is 10.5 Å². The molecule has 0 aromatic carbocycles. The van der Waals surface area contributed by atoms with Crippen LogP contribution in [0, 0.1) is 0 Å². The maximum absolute atomic E-state index is 5.78. The summed E-state index contributed by atoms with van der Waals surface area (Å²) in [5.41, 5.74) is 7.02. The summed E-state index contributed by atoms with van der Waals surface area (Å²) in [4.78, 5) is 0. The summed E-state index contributed by atoms with van der Waals surface area (Å²) in [5, 5.41) is 4.44. The number of nitrogens with zero attached hydrogens (tertiary/aromatic N) is 2. The minimum atomic E-state index is 0.146. The van der Waals surface area contributed by atoms with Gasteiger partial charge in [-0.2, -0.15) is 5.10 Å². The van der Waals surface area contributed by atoms with E-state index in [0.29, 0.717) is 0 Å². The minimum Gasteiger partial charge on any atom is -0.384 e. The molecule has 14 heavy (non-hydrogen) atoms. The first-order chi connectivity index (χ1) is 6.62. The number of rotatable bonds is 1. The monoisotopic (exact) mass is 195 g/mol. The number of aromatic nitrogens is 2. The molecule has 0 atom stereocenters. The molecule has 4 heteroatoms. The summed E-state index contributed by atoms with van der Waals surface area (Å²) in [6.45, 7) is 3.89. The zero-order chi connectivity index (χ0) is 10.2. The highest BCUT2D eigenvalue weighted by atomic mass is 16.5. The highest BCUT2D eigenvalue weighted by Gasteiger charge is 2.31. The number of nitrogen functional groups attached to an aromatic ring is 1. The molecule has 0 unspecified atom stereocenters. The Morgan fingerprint density at radius 2 is 2.14 bits per heavy atom. The average molecular weight is 195 g/mol. The van der Waals surface area contributed by atoms with E-state index in [1.54, 1.807) is 4.68 Å². The van der Waals surface area contributed by atoms with Crippen LogP contribution in [0.3, 0.4) is 0 Å². The van der Waals surface area contributed by atoms with Gasteiger partial charge in [-0.1, -0.05) is 6.92 Å². The van der Waals surface area contributed by atoms with Gasteiger partial charge in [-0.05, 0) is 12.8 Å². The van der Waals surface area contributed by atoms with Gasteiger partial charge in [-0.15, -0.1) is 0 Å². The molecule has 1 saturated heterocycles. The quantitative estimate of drug-likeness (QED) is 0.729. The Kier molecular flexibility index (Phi) is 2.23. The number of ether oxygens (including phenoxy) is 1. The number of nitrogens with two attached hydrogens (primary N) is 1. The first-order valence-electron chi connectivity index (χ1n) is 4.99. The molecular weight excluding hydrogens is 178 g/mol. The lowest BCUT2D eigenvalue weighted by Gasteiger charge is -2.31. The molecule has 1 aromatic heterocycles. The summed E-state index contributed by atoms with van der Waals surface area (Å²) in [7, 11) is 1.88. The topological polar surface area (TPSA) is 53.1 Å². The van der Waals surface area contributed by atoms with Gasteiger partial charge in [0.15, 0.2) is 0 Å². The van der Waals surface area contributed by atoms with Crippen LogP contribution in [-0.2, 0) is 17.2 Å². The fourth-order valence-electron chi connectivity index (χ4n) is 1.85. The Hall–Kier alpha value is -1.03. The zero-order valence-corrected chi connectivity index (χ0v) is 8.79. The molecule has 2 N–H and O–H groups in total. The molecule has 2 rings (SSSR count). The van der Waals surface area contributed by atoms with Crippen LogP contribution in [0.1, 0.15) is 25.5 Å². The third-order valence-electron chi connectivity index (χ3n) is 3.13. The molecule has 0 radical (unpaired) electrons. The normalized spacial score (nSPS) is 21.0. The molecule has 1 fully saturated rings. The lowest BCUT2D eigenvalue weighted by molar-refractivity contribution is 0.0549. The van der Waals surface area contributed by atoms with E-state index in [9.17, 15) is 0 Å². The van der Waals surface area contributed by atoms with E-state index in [2.05, 4.69) is 12.0 Å². The maximum atomic E-state index is 5.78.